The van der Waals surface area contributed by atoms with Gasteiger partial charge in [-0.25, -0.2) is 4.79 Å². The number of rotatable bonds is 7. The second-order valence-electron chi connectivity index (χ2n) is 9.93. The smallest absolute Gasteiger partial charge is 0.327 e. The van der Waals surface area contributed by atoms with Crippen LogP contribution in [-0.2, 0) is 20.7 Å². The van der Waals surface area contributed by atoms with E-state index in [9.17, 15) is 50.1 Å². The van der Waals surface area contributed by atoms with Crippen molar-refractivity contribution < 1.29 is 59.6 Å². The Hall–Kier alpha value is -4.21. The lowest BCUT2D eigenvalue weighted by molar-refractivity contribution is -0.277. The second-order valence-corrected chi connectivity index (χ2v) is 9.93. The highest BCUT2D eigenvalue weighted by Crippen LogP contribution is 2.42. The number of aromatic hydroxyl groups is 2. The van der Waals surface area contributed by atoms with Gasteiger partial charge in [0.1, 0.15) is 36.2 Å². The van der Waals surface area contributed by atoms with Crippen molar-refractivity contribution in [3.05, 3.63) is 53.1 Å². The summed E-state index contributed by atoms with van der Waals surface area (Å²) in [6, 6.07) is 5.27. The molecule has 0 bridgehead atoms. The first-order chi connectivity index (χ1) is 19.5. The Balaban J connectivity index is 1.41. The van der Waals surface area contributed by atoms with Crippen molar-refractivity contribution in [1.82, 2.24) is 4.90 Å². The van der Waals surface area contributed by atoms with Crippen molar-refractivity contribution in [1.29, 1.82) is 0 Å². The van der Waals surface area contributed by atoms with Crippen LogP contribution in [0.4, 0.5) is 5.69 Å². The fourth-order valence-electron chi connectivity index (χ4n) is 4.81. The average Bonchev–Trinajstić information content (AvgIpc) is 3.73. The molecule has 14 heteroatoms. The van der Waals surface area contributed by atoms with Gasteiger partial charge < -0.3 is 50.1 Å². The highest BCUT2D eigenvalue weighted by atomic mass is 16.7. The maximum Gasteiger partial charge on any atom is 0.327 e. The third-order valence-electron chi connectivity index (χ3n) is 7.16. The van der Waals surface area contributed by atoms with E-state index in [2.05, 4.69) is 0 Å². The highest BCUT2D eigenvalue weighted by Gasteiger charge is 2.45. The van der Waals surface area contributed by atoms with Gasteiger partial charge in [0.25, 0.3) is 11.8 Å². The Morgan fingerprint density at radius 3 is 2.39 bits per heavy atom. The van der Waals surface area contributed by atoms with Gasteiger partial charge in [-0.05, 0) is 35.4 Å². The second kappa shape index (κ2) is 11.0. The fraction of sp³-hybridized carbons (Fsp3) is 0.370. The minimum atomic E-state index is -1.77. The van der Waals surface area contributed by atoms with E-state index in [-0.39, 0.29) is 35.1 Å². The molecule has 5 rings (SSSR count). The molecule has 0 saturated carbocycles. The number of carbonyl (C=O) groups excluding carboxylic acids is 2. The first-order valence-corrected chi connectivity index (χ1v) is 12.7. The summed E-state index contributed by atoms with van der Waals surface area (Å²) in [5, 5.41) is 70.1. The molecule has 2 aromatic rings. The van der Waals surface area contributed by atoms with E-state index in [1.165, 1.54) is 41.3 Å². The Kier molecular flexibility index (Phi) is 7.59. The molecule has 2 aromatic carbocycles. The zero-order valence-electron chi connectivity index (χ0n) is 21.4. The number of carbonyl (C=O) groups is 3. The molecule has 2 amide bonds. The summed E-state index contributed by atoms with van der Waals surface area (Å²) in [6.45, 7) is 0.462. The monoisotopic (exact) mass is 572 g/mol. The molecule has 3 heterocycles. The minimum Gasteiger partial charge on any atom is -0.507 e. The first kappa shape index (κ1) is 28.3. The molecule has 3 aliphatic heterocycles. The minimum absolute atomic E-state index is 0.0671. The van der Waals surface area contributed by atoms with Crippen LogP contribution in [0, 0.1) is 0 Å². The molecule has 2 saturated heterocycles. The van der Waals surface area contributed by atoms with Crippen LogP contribution in [0.3, 0.4) is 0 Å². The third kappa shape index (κ3) is 5.42. The number of phenols is 2. The number of aliphatic hydroxyl groups is 4. The summed E-state index contributed by atoms with van der Waals surface area (Å²) in [4.78, 5) is 40.2. The molecule has 6 atom stereocenters. The number of carboxylic acid groups (broad SMARTS) is 1. The van der Waals surface area contributed by atoms with Gasteiger partial charge in [0.15, 0.2) is 11.5 Å². The van der Waals surface area contributed by atoms with Gasteiger partial charge in [0.2, 0.25) is 6.29 Å². The Morgan fingerprint density at radius 1 is 1.00 bits per heavy atom. The molecule has 7 N–H and O–H groups in total. The topological polar surface area (TPSA) is 218 Å². The number of phenolic OH excluding ortho intramolecular Hbond substituents is 2. The number of amides is 2. The van der Waals surface area contributed by atoms with E-state index < -0.39 is 61.0 Å². The zero-order valence-corrected chi connectivity index (χ0v) is 21.4. The molecule has 0 aromatic heterocycles. The Morgan fingerprint density at radius 2 is 1.73 bits per heavy atom. The molecule has 2 fully saturated rings. The van der Waals surface area contributed by atoms with Gasteiger partial charge in [-0.15, -0.1) is 0 Å². The van der Waals surface area contributed by atoms with Crippen molar-refractivity contribution in [2.24, 2.45) is 0 Å². The summed E-state index contributed by atoms with van der Waals surface area (Å²) >= 11 is 0. The van der Waals surface area contributed by atoms with E-state index in [1.807, 2.05) is 0 Å². The van der Waals surface area contributed by atoms with Gasteiger partial charge in [-0.2, -0.15) is 0 Å². The van der Waals surface area contributed by atoms with Gasteiger partial charge in [-0.3, -0.25) is 14.5 Å². The molecule has 41 heavy (non-hydrogen) atoms. The van der Waals surface area contributed by atoms with Crippen LogP contribution in [0.15, 0.2) is 36.4 Å². The molecule has 0 aliphatic carbocycles. The van der Waals surface area contributed by atoms with Crippen molar-refractivity contribution in [3.63, 3.8) is 0 Å². The van der Waals surface area contributed by atoms with E-state index in [0.717, 1.165) is 11.0 Å². The van der Waals surface area contributed by atoms with Crippen LogP contribution in [-0.4, -0.2) is 115 Å². The predicted octanol–water partition coefficient (Wildman–Crippen LogP) is -1.21. The summed E-state index contributed by atoms with van der Waals surface area (Å²) in [7, 11) is 0. The van der Waals surface area contributed by atoms with Crippen LogP contribution < -0.4 is 9.64 Å². The van der Waals surface area contributed by atoms with Crippen molar-refractivity contribution >= 4 is 29.5 Å². The molecule has 3 aliphatic rings. The van der Waals surface area contributed by atoms with E-state index in [4.69, 9.17) is 9.47 Å². The lowest BCUT2D eigenvalue weighted by atomic mass is 9.99. The van der Waals surface area contributed by atoms with Crippen LogP contribution in [0.25, 0.3) is 6.08 Å². The highest BCUT2D eigenvalue weighted by molar-refractivity contribution is 6.09. The van der Waals surface area contributed by atoms with Crippen LogP contribution in [0.2, 0.25) is 0 Å². The molecule has 0 spiro atoms. The number of nitrogens with zero attached hydrogens (tertiary/aromatic N) is 2. The molecule has 218 valence electrons. The summed E-state index contributed by atoms with van der Waals surface area (Å²) in [5.74, 6) is -3.41. The lowest BCUT2D eigenvalue weighted by Gasteiger charge is -2.39. The van der Waals surface area contributed by atoms with Gasteiger partial charge >= 0.3 is 5.97 Å². The molecule has 0 radical (unpaired) electrons. The van der Waals surface area contributed by atoms with Crippen LogP contribution in [0.1, 0.15) is 21.5 Å². The number of benzene rings is 2. The largest absolute Gasteiger partial charge is 0.507 e. The fourth-order valence-corrected chi connectivity index (χ4v) is 4.81. The molecular formula is C27H28N2O12. The number of aliphatic carboxylic acids is 1. The summed E-state index contributed by atoms with van der Waals surface area (Å²) in [5.41, 5.74) is 0.879. The number of ether oxygens (including phenoxy) is 2. The number of anilines is 1. The lowest BCUT2D eigenvalue weighted by Crippen LogP contribution is -2.60. The number of fused-ring (bicyclic) bond motifs is 1. The molecule has 0 unspecified atom stereocenters. The van der Waals surface area contributed by atoms with Crippen molar-refractivity contribution in [2.75, 3.05) is 24.6 Å². The standard InChI is InChI=1S/C27H28N2O12/c30-11-20-22(34)23(35)24(36)27(41-20)40-19-10-15-13(9-18(19)32)8-16(26(38)39)29(15)21(33)4-2-12-1-3-17(31)14(7-12)25(37)28-5-6-28/h1-4,7,9-10,16,20,22-24,27,30-32,34-36H,5-6,8,11H2,(H,38,39)/b4-2+/t16-,20-,22-,23+,24-,27-/m1/s1. The SMILES string of the molecule is O=C(O)[C@H]1Cc2cc(O)c(O[C@@H]3O[C@H](CO)[C@@H](O)[C@H](O)[C@H]3O)cc2N1C(=O)/C=C/c1ccc(O)c(C(=O)N2CC2)c1. The van der Waals surface area contributed by atoms with Crippen molar-refractivity contribution in [3.8, 4) is 17.2 Å². The van der Waals surface area contributed by atoms with Gasteiger partial charge in [0.05, 0.1) is 17.9 Å². The maximum atomic E-state index is 13.3. The zero-order chi connectivity index (χ0) is 29.6. The predicted molar refractivity (Wildman–Crippen MR) is 138 cm³/mol. The number of carboxylic acids is 1. The normalized spacial score (nSPS) is 27.1. The van der Waals surface area contributed by atoms with Crippen molar-refractivity contribution in [2.45, 2.75) is 43.2 Å². The summed E-state index contributed by atoms with van der Waals surface area (Å²) in [6.07, 6.45) is -5.71. The van der Waals surface area contributed by atoms with Gasteiger partial charge in [0, 0.05) is 31.7 Å². The van der Waals surface area contributed by atoms with E-state index >= 15 is 0 Å². The average molecular weight is 573 g/mol. The van der Waals surface area contributed by atoms with E-state index in [1.54, 1.807) is 0 Å². The molecular weight excluding hydrogens is 544 g/mol. The third-order valence-corrected chi connectivity index (χ3v) is 7.16. The number of aliphatic hydroxyl groups excluding tert-OH is 4. The quantitative estimate of drug-likeness (QED) is 0.154. The van der Waals surface area contributed by atoms with Crippen LogP contribution in [0.5, 0.6) is 17.2 Å². The first-order valence-electron chi connectivity index (χ1n) is 12.7. The van der Waals surface area contributed by atoms with E-state index in [0.29, 0.717) is 24.2 Å². The maximum absolute atomic E-state index is 13.3. The molecule has 14 nitrogen and oxygen atoms in total. The Bertz CT molecular complexity index is 1400. The number of hydrogen-bond acceptors (Lipinski definition) is 11. The number of hydrogen-bond donors (Lipinski definition) is 7. The Labute approximate surface area is 232 Å². The summed E-state index contributed by atoms with van der Waals surface area (Å²) < 4.78 is 10.8. The van der Waals surface area contributed by atoms with Gasteiger partial charge in [-0.1, -0.05) is 6.07 Å². The van der Waals surface area contributed by atoms with Crippen LogP contribution >= 0.6 is 0 Å².